The zero-order valence-corrected chi connectivity index (χ0v) is 16.2. The van der Waals surface area contributed by atoms with Crippen molar-refractivity contribution >= 4 is 19.0 Å². The minimum Gasteiger partial charge on any atom is -0.0812 e. The molecule has 0 saturated heterocycles. The smallest absolute Gasteiger partial charge is 0.0703 e. The summed E-state index contributed by atoms with van der Waals surface area (Å²) >= 11 is 0. The van der Waals surface area contributed by atoms with E-state index in [0.717, 1.165) is 19.3 Å². The number of hydrogen-bond donors (Lipinski definition) is 0. The molecule has 1 aromatic rings. The molecular weight excluding hydrogens is 287 g/mol. The Kier molecular flexibility index (Phi) is 5.96. The van der Waals surface area contributed by atoms with Crippen molar-refractivity contribution in [3.8, 4) is 0 Å². The first kappa shape index (κ1) is 18.8. The quantitative estimate of drug-likeness (QED) is 0.419. The third-order valence-electron chi connectivity index (χ3n) is 5.24. The van der Waals surface area contributed by atoms with Gasteiger partial charge in [0.05, 0.1) is 7.85 Å². The number of allylic oxidation sites excluding steroid dienone is 6. The molecule has 0 N–H and O–H groups in total. The Morgan fingerprint density at radius 1 is 1.17 bits per heavy atom. The Labute approximate surface area is 150 Å². The minimum atomic E-state index is 0.226. The summed E-state index contributed by atoms with van der Waals surface area (Å²) in [4.78, 5) is 0. The number of aryl methyl sites for hydroxylation is 1. The lowest BCUT2D eigenvalue weighted by atomic mass is 9.75. The summed E-state index contributed by atoms with van der Waals surface area (Å²) in [6, 6.07) is 6.87. The van der Waals surface area contributed by atoms with Gasteiger partial charge in [-0.05, 0) is 66.9 Å². The van der Waals surface area contributed by atoms with Crippen LogP contribution in [0.25, 0.3) is 11.1 Å². The van der Waals surface area contributed by atoms with Crippen LogP contribution in [-0.4, -0.2) is 7.85 Å². The van der Waals surface area contributed by atoms with Gasteiger partial charge in [0.25, 0.3) is 0 Å². The first-order chi connectivity index (χ1) is 11.2. The predicted octanol–water partition coefficient (Wildman–Crippen LogP) is 6.92. The molecule has 0 nitrogen and oxygen atoms in total. The first-order valence-electron chi connectivity index (χ1n) is 9.10. The Balaban J connectivity index is 2.24. The van der Waals surface area contributed by atoms with Crippen LogP contribution in [0.1, 0.15) is 70.6 Å². The maximum Gasteiger partial charge on any atom is 0.0703 e. The molecule has 1 heteroatoms. The van der Waals surface area contributed by atoms with Crippen LogP contribution < -0.4 is 0 Å². The van der Waals surface area contributed by atoms with Crippen molar-refractivity contribution < 1.29 is 0 Å². The molecule has 0 heterocycles. The standard InChI is InChI=1S/C23H31B/c1-16(7-8-18(3)23(4,5)6)22-14-11-20(15-17(22)2)19-9-12-21(24)13-10-19/h7-9,11,14-15,21H,10,12-13H2,1-6H3/b16-7+,18-8+. The molecule has 0 fully saturated rings. The van der Waals surface area contributed by atoms with Crippen molar-refractivity contribution in [2.45, 2.75) is 66.6 Å². The van der Waals surface area contributed by atoms with Gasteiger partial charge in [0.2, 0.25) is 0 Å². The van der Waals surface area contributed by atoms with Crippen LogP contribution in [0.4, 0.5) is 0 Å². The van der Waals surface area contributed by atoms with E-state index in [4.69, 9.17) is 7.85 Å². The van der Waals surface area contributed by atoms with Crippen molar-refractivity contribution in [3.63, 3.8) is 0 Å². The molecule has 0 amide bonds. The van der Waals surface area contributed by atoms with Crippen molar-refractivity contribution in [1.29, 1.82) is 0 Å². The summed E-state index contributed by atoms with van der Waals surface area (Å²) in [5, 5.41) is 0. The Bertz CT molecular complexity index is 680. The zero-order chi connectivity index (χ0) is 17.9. The molecular formula is C23H31B. The molecule has 2 radical (unpaired) electrons. The molecule has 0 spiro atoms. The lowest BCUT2D eigenvalue weighted by Crippen LogP contribution is -2.05. The summed E-state index contributed by atoms with van der Waals surface area (Å²) in [6.07, 6.45) is 10.0. The highest BCUT2D eigenvalue weighted by molar-refractivity contribution is 6.12. The maximum absolute atomic E-state index is 6.00. The van der Waals surface area contributed by atoms with Crippen LogP contribution in [0.15, 0.2) is 42.0 Å². The zero-order valence-electron chi connectivity index (χ0n) is 16.2. The molecule has 0 aliphatic heterocycles. The second-order valence-corrected chi connectivity index (χ2v) is 8.24. The second-order valence-electron chi connectivity index (χ2n) is 8.24. The molecule has 1 unspecified atom stereocenters. The van der Waals surface area contributed by atoms with Gasteiger partial charge >= 0.3 is 0 Å². The van der Waals surface area contributed by atoms with E-state index in [2.05, 4.69) is 78.0 Å². The molecule has 1 aliphatic rings. The first-order valence-corrected chi connectivity index (χ1v) is 9.10. The molecule has 0 aromatic heterocycles. The molecule has 1 aliphatic carbocycles. The van der Waals surface area contributed by atoms with Gasteiger partial charge in [-0.25, -0.2) is 0 Å². The molecule has 2 rings (SSSR count). The molecule has 24 heavy (non-hydrogen) atoms. The number of benzene rings is 1. The third-order valence-corrected chi connectivity index (χ3v) is 5.24. The second kappa shape index (κ2) is 7.59. The number of hydrogen-bond acceptors (Lipinski definition) is 0. The van der Waals surface area contributed by atoms with E-state index in [1.165, 1.54) is 33.4 Å². The highest BCUT2D eigenvalue weighted by Gasteiger charge is 2.13. The Morgan fingerprint density at radius 2 is 1.88 bits per heavy atom. The largest absolute Gasteiger partial charge is 0.0812 e. The van der Waals surface area contributed by atoms with Gasteiger partial charge < -0.3 is 0 Å². The van der Waals surface area contributed by atoms with E-state index < -0.39 is 0 Å². The van der Waals surface area contributed by atoms with Gasteiger partial charge in [-0.15, -0.1) is 0 Å². The summed E-state index contributed by atoms with van der Waals surface area (Å²) in [5.41, 5.74) is 8.45. The van der Waals surface area contributed by atoms with Gasteiger partial charge in [-0.1, -0.05) is 75.0 Å². The molecule has 0 saturated carbocycles. The highest BCUT2D eigenvalue weighted by Crippen LogP contribution is 2.33. The summed E-state index contributed by atoms with van der Waals surface area (Å²) in [6.45, 7) is 13.4. The summed E-state index contributed by atoms with van der Waals surface area (Å²) in [5.74, 6) is 0.345. The lowest BCUT2D eigenvalue weighted by Gasteiger charge is -2.20. The maximum atomic E-state index is 6.00. The van der Waals surface area contributed by atoms with E-state index in [1.54, 1.807) is 0 Å². The predicted molar refractivity (Wildman–Crippen MR) is 109 cm³/mol. The topological polar surface area (TPSA) is 0 Å². The normalized spacial score (nSPS) is 20.1. The van der Waals surface area contributed by atoms with Crippen molar-refractivity contribution in [1.82, 2.24) is 0 Å². The van der Waals surface area contributed by atoms with Crippen LogP contribution in [0, 0.1) is 12.3 Å². The van der Waals surface area contributed by atoms with E-state index in [-0.39, 0.29) is 5.41 Å². The van der Waals surface area contributed by atoms with Crippen molar-refractivity contribution in [2.24, 2.45) is 5.41 Å². The Hall–Kier alpha value is -1.50. The van der Waals surface area contributed by atoms with Crippen molar-refractivity contribution in [2.75, 3.05) is 0 Å². The van der Waals surface area contributed by atoms with Gasteiger partial charge in [-0.2, -0.15) is 0 Å². The average molecular weight is 318 g/mol. The third kappa shape index (κ3) is 4.75. The highest BCUT2D eigenvalue weighted by atomic mass is 14.2. The van der Waals surface area contributed by atoms with E-state index >= 15 is 0 Å². The van der Waals surface area contributed by atoms with E-state index in [0.29, 0.717) is 5.82 Å². The summed E-state index contributed by atoms with van der Waals surface area (Å²) < 4.78 is 0. The fourth-order valence-corrected chi connectivity index (χ4v) is 3.01. The van der Waals surface area contributed by atoms with Gasteiger partial charge in [0.15, 0.2) is 0 Å². The van der Waals surface area contributed by atoms with Gasteiger partial charge in [0, 0.05) is 0 Å². The minimum absolute atomic E-state index is 0.226. The van der Waals surface area contributed by atoms with Crippen LogP contribution in [0.5, 0.6) is 0 Å². The van der Waals surface area contributed by atoms with Gasteiger partial charge in [0.1, 0.15) is 0 Å². The molecule has 0 bridgehead atoms. The molecule has 126 valence electrons. The lowest BCUT2D eigenvalue weighted by molar-refractivity contribution is 0.504. The van der Waals surface area contributed by atoms with Gasteiger partial charge in [-0.3, -0.25) is 0 Å². The van der Waals surface area contributed by atoms with E-state index in [9.17, 15) is 0 Å². The van der Waals surface area contributed by atoms with Crippen molar-refractivity contribution in [3.05, 3.63) is 58.7 Å². The monoisotopic (exact) mass is 318 g/mol. The molecule has 1 atom stereocenters. The Morgan fingerprint density at radius 3 is 2.42 bits per heavy atom. The average Bonchev–Trinajstić information content (AvgIpc) is 2.52. The van der Waals surface area contributed by atoms with Crippen LogP contribution in [0.3, 0.4) is 0 Å². The fraction of sp³-hybridized carbons (Fsp3) is 0.478. The summed E-state index contributed by atoms with van der Waals surface area (Å²) in [7, 11) is 6.00. The SMILES string of the molecule is [B]C1CC=C(c2ccc(/C(C)=C/C=C(\C)C(C)(C)C)c(C)c2)CC1. The van der Waals surface area contributed by atoms with Crippen LogP contribution >= 0.6 is 0 Å². The number of rotatable bonds is 3. The van der Waals surface area contributed by atoms with Crippen LogP contribution in [0.2, 0.25) is 5.82 Å². The fourth-order valence-electron chi connectivity index (χ4n) is 3.01. The molecule has 1 aromatic carbocycles. The van der Waals surface area contributed by atoms with E-state index in [1.807, 2.05) is 0 Å². The van der Waals surface area contributed by atoms with Crippen LogP contribution in [-0.2, 0) is 0 Å².